The van der Waals surface area contributed by atoms with Crippen molar-refractivity contribution in [3.05, 3.63) is 47.9 Å². The summed E-state index contributed by atoms with van der Waals surface area (Å²) in [6.45, 7) is 3.66. The van der Waals surface area contributed by atoms with Gasteiger partial charge in [-0.3, -0.25) is 0 Å². The van der Waals surface area contributed by atoms with Crippen molar-refractivity contribution in [2.75, 3.05) is 0 Å². The highest BCUT2D eigenvalue weighted by Gasteiger charge is 1.92. The van der Waals surface area contributed by atoms with E-state index in [1.54, 1.807) is 0 Å². The lowest BCUT2D eigenvalue weighted by atomic mass is 10.2. The Morgan fingerprint density at radius 1 is 1.30 bits per heavy atom. The molecule has 52 valence electrons. The quantitative estimate of drug-likeness (QED) is 0.458. The summed E-state index contributed by atoms with van der Waals surface area (Å²) < 4.78 is 0. The Morgan fingerprint density at radius 2 is 2.00 bits per heavy atom. The van der Waals surface area contributed by atoms with Gasteiger partial charge in [0.1, 0.15) is 11.2 Å². The van der Waals surface area contributed by atoms with E-state index < -0.39 is 0 Å². The summed E-state index contributed by atoms with van der Waals surface area (Å²) in [5.41, 5.74) is 1.38. The first-order valence-electron chi connectivity index (χ1n) is 3.25. The van der Waals surface area contributed by atoms with Gasteiger partial charge < -0.3 is 0 Å². The van der Waals surface area contributed by atoms with Gasteiger partial charge in [0.2, 0.25) is 0 Å². The van der Waals surface area contributed by atoms with Crippen LogP contribution in [0.5, 0.6) is 0 Å². The standard InChI is InChI=1S/C9H10S/c1-2-10-8-9-6-4-3-5-7-9/h2-7H,1,8H2/p+1. The van der Waals surface area contributed by atoms with Crippen molar-refractivity contribution in [1.82, 2.24) is 0 Å². The van der Waals surface area contributed by atoms with Crippen LogP contribution in [-0.2, 0) is 17.5 Å². The highest BCUT2D eigenvalue weighted by atomic mass is 32.2. The minimum absolute atomic E-state index is 1.09. The molecule has 0 bridgehead atoms. The lowest BCUT2D eigenvalue weighted by Gasteiger charge is -1.88. The van der Waals surface area contributed by atoms with Crippen molar-refractivity contribution in [3.8, 4) is 0 Å². The molecule has 0 aliphatic heterocycles. The van der Waals surface area contributed by atoms with Crippen LogP contribution in [-0.4, -0.2) is 0 Å². The minimum atomic E-state index is 1.09. The fraction of sp³-hybridized carbons (Fsp3) is 0.111. The number of benzene rings is 1. The van der Waals surface area contributed by atoms with E-state index in [4.69, 9.17) is 0 Å². The van der Waals surface area contributed by atoms with Gasteiger partial charge in [-0.05, 0) is 0 Å². The summed E-state index contributed by atoms with van der Waals surface area (Å²) in [6, 6.07) is 10.4. The molecule has 10 heavy (non-hydrogen) atoms. The second kappa shape index (κ2) is 4.18. The molecule has 0 spiro atoms. The van der Waals surface area contributed by atoms with Gasteiger partial charge in [-0.15, -0.1) is 0 Å². The van der Waals surface area contributed by atoms with Crippen LogP contribution in [0.1, 0.15) is 5.56 Å². The monoisotopic (exact) mass is 151 g/mol. The van der Waals surface area contributed by atoms with Crippen molar-refractivity contribution < 1.29 is 0 Å². The second-order valence-electron chi connectivity index (χ2n) is 2.01. The molecule has 1 aromatic carbocycles. The summed E-state index contributed by atoms with van der Waals surface area (Å²) in [6.07, 6.45) is 0. The molecule has 1 heteroatoms. The van der Waals surface area contributed by atoms with Crippen molar-refractivity contribution in [2.24, 2.45) is 0 Å². The zero-order valence-electron chi connectivity index (χ0n) is 5.83. The van der Waals surface area contributed by atoms with Gasteiger partial charge in [-0.1, -0.05) is 36.9 Å². The maximum atomic E-state index is 3.66. The fourth-order valence-corrected chi connectivity index (χ4v) is 1.30. The van der Waals surface area contributed by atoms with E-state index in [9.17, 15) is 0 Å². The first-order valence-corrected chi connectivity index (χ1v) is 4.40. The summed E-state index contributed by atoms with van der Waals surface area (Å²) in [5, 5.41) is 1.92. The summed E-state index contributed by atoms with van der Waals surface area (Å²) in [4.78, 5) is 0. The Balaban J connectivity index is 2.50. The smallest absolute Gasteiger partial charge is 0.0622 e. The molecule has 0 saturated carbocycles. The van der Waals surface area contributed by atoms with Crippen LogP contribution < -0.4 is 0 Å². The van der Waals surface area contributed by atoms with Crippen LogP contribution in [0.25, 0.3) is 0 Å². The molecule has 0 unspecified atom stereocenters. The first kappa shape index (κ1) is 7.42. The average Bonchev–Trinajstić information content (AvgIpc) is 2.03. The van der Waals surface area contributed by atoms with E-state index in [2.05, 4.69) is 30.8 Å². The maximum absolute atomic E-state index is 3.66. The molecule has 1 aromatic rings. The Kier molecular flexibility index (Phi) is 3.10. The fourth-order valence-electron chi connectivity index (χ4n) is 0.753. The van der Waals surface area contributed by atoms with Gasteiger partial charge in [-0.2, -0.15) is 0 Å². The SMILES string of the molecule is C=C[SH+]Cc1ccccc1. The number of hydrogen-bond donors (Lipinski definition) is 0. The minimum Gasteiger partial charge on any atom is -0.0622 e. The van der Waals surface area contributed by atoms with Gasteiger partial charge in [0, 0.05) is 17.3 Å². The van der Waals surface area contributed by atoms with Crippen LogP contribution in [0.2, 0.25) is 0 Å². The molecular formula is C9H11S+. The Hall–Kier alpha value is -0.690. The molecule has 0 aromatic heterocycles. The molecule has 1 rings (SSSR count). The van der Waals surface area contributed by atoms with Crippen molar-refractivity contribution in [3.63, 3.8) is 0 Å². The Labute approximate surface area is 66.0 Å². The predicted octanol–water partition coefficient (Wildman–Crippen LogP) is 2.14. The van der Waals surface area contributed by atoms with Crippen LogP contribution >= 0.6 is 0 Å². The lowest BCUT2D eigenvalue weighted by Crippen LogP contribution is -1.82. The molecule has 0 atom stereocenters. The molecule has 0 amide bonds. The molecule has 0 heterocycles. The summed E-state index contributed by atoms with van der Waals surface area (Å²) in [5.74, 6) is 1.09. The third-order valence-corrected chi connectivity index (χ3v) is 2.05. The Morgan fingerprint density at radius 3 is 2.60 bits per heavy atom. The lowest BCUT2D eigenvalue weighted by molar-refractivity contribution is 1.42. The molecule has 0 aliphatic rings. The van der Waals surface area contributed by atoms with E-state index in [1.165, 1.54) is 17.3 Å². The highest BCUT2D eigenvalue weighted by Crippen LogP contribution is 2.00. The predicted molar refractivity (Wildman–Crippen MR) is 49.1 cm³/mol. The van der Waals surface area contributed by atoms with Crippen LogP contribution in [0.15, 0.2) is 42.3 Å². The summed E-state index contributed by atoms with van der Waals surface area (Å²) >= 11 is 1.29. The molecule has 0 nitrogen and oxygen atoms in total. The van der Waals surface area contributed by atoms with E-state index in [0.717, 1.165) is 5.75 Å². The molecular weight excluding hydrogens is 140 g/mol. The third-order valence-electron chi connectivity index (χ3n) is 1.25. The first-order chi connectivity index (χ1) is 4.93. The number of thiol groups is 1. The van der Waals surface area contributed by atoms with Crippen molar-refractivity contribution >= 4 is 11.8 Å². The van der Waals surface area contributed by atoms with Gasteiger partial charge in [0.05, 0.1) is 0 Å². The van der Waals surface area contributed by atoms with E-state index >= 15 is 0 Å². The van der Waals surface area contributed by atoms with Gasteiger partial charge in [0.15, 0.2) is 0 Å². The topological polar surface area (TPSA) is 0 Å². The van der Waals surface area contributed by atoms with Crippen molar-refractivity contribution in [1.29, 1.82) is 0 Å². The van der Waals surface area contributed by atoms with Gasteiger partial charge >= 0.3 is 0 Å². The Bertz CT molecular complexity index is 191. The molecule has 0 fully saturated rings. The van der Waals surface area contributed by atoms with Crippen LogP contribution in [0.4, 0.5) is 0 Å². The molecule has 0 aliphatic carbocycles. The third kappa shape index (κ3) is 2.28. The molecule has 0 saturated heterocycles. The number of hydrogen-bond acceptors (Lipinski definition) is 0. The van der Waals surface area contributed by atoms with Crippen molar-refractivity contribution in [2.45, 2.75) is 5.75 Å². The van der Waals surface area contributed by atoms with Crippen LogP contribution in [0, 0.1) is 0 Å². The van der Waals surface area contributed by atoms with E-state index in [1.807, 2.05) is 11.5 Å². The van der Waals surface area contributed by atoms with Crippen LogP contribution in [0.3, 0.4) is 0 Å². The largest absolute Gasteiger partial charge is 0.135 e. The highest BCUT2D eigenvalue weighted by molar-refractivity contribution is 7.80. The molecule has 0 radical (unpaired) electrons. The zero-order valence-corrected chi connectivity index (χ0v) is 6.72. The maximum Gasteiger partial charge on any atom is 0.135 e. The van der Waals surface area contributed by atoms with E-state index in [0.29, 0.717) is 0 Å². The van der Waals surface area contributed by atoms with E-state index in [-0.39, 0.29) is 0 Å². The van der Waals surface area contributed by atoms with Gasteiger partial charge in [-0.25, -0.2) is 0 Å². The normalized spacial score (nSPS) is 9.20. The second-order valence-corrected chi connectivity index (χ2v) is 3.06. The zero-order chi connectivity index (χ0) is 7.23. The molecule has 0 N–H and O–H groups in total. The average molecular weight is 151 g/mol. The summed E-state index contributed by atoms with van der Waals surface area (Å²) in [7, 11) is 0. The van der Waals surface area contributed by atoms with Gasteiger partial charge in [0.25, 0.3) is 0 Å². The number of rotatable bonds is 3.